The van der Waals surface area contributed by atoms with E-state index >= 15 is 0 Å². The number of aliphatic hydroxyl groups excluding tert-OH is 1. The molecule has 0 spiro atoms. The Balaban J connectivity index is 0.00000196. The molecule has 0 atom stereocenters. The number of piperazine rings is 1. The molecule has 1 aliphatic heterocycles. The molecule has 1 aliphatic rings. The van der Waals surface area contributed by atoms with Crippen molar-refractivity contribution >= 4 is 16.9 Å². The highest BCUT2D eigenvalue weighted by molar-refractivity contribution is 5.83. The van der Waals surface area contributed by atoms with Gasteiger partial charge in [0.15, 0.2) is 5.82 Å². The first-order chi connectivity index (χ1) is 12.3. The Morgan fingerprint density at radius 3 is 2.08 bits per heavy atom. The molecule has 0 saturated carbocycles. The van der Waals surface area contributed by atoms with Gasteiger partial charge in [-0.25, -0.2) is 9.97 Å². The van der Waals surface area contributed by atoms with E-state index in [0.29, 0.717) is 0 Å². The molecule has 1 fully saturated rings. The number of β-amino-alcohol motifs (C(OH)–C–C–N with tert-alkyl or cyclic N) is 1. The van der Waals surface area contributed by atoms with Crippen LogP contribution in [-0.2, 0) is 0 Å². The fourth-order valence-corrected chi connectivity index (χ4v) is 3.33. The summed E-state index contributed by atoms with van der Waals surface area (Å²) >= 11 is 0. The van der Waals surface area contributed by atoms with Crippen LogP contribution >= 0.6 is 0 Å². The maximum absolute atomic E-state index is 9.13. The normalized spacial score (nSPS) is 15.0. The molecule has 6 heteroatoms. The summed E-state index contributed by atoms with van der Waals surface area (Å²) in [5.74, 6) is 0.952. The van der Waals surface area contributed by atoms with Crippen LogP contribution in [0.2, 0.25) is 0 Å². The van der Waals surface area contributed by atoms with Gasteiger partial charge in [0.25, 0.3) is 0 Å². The number of aromatic nitrogens is 2. The lowest BCUT2D eigenvalue weighted by Crippen LogP contribution is -3.00. The van der Waals surface area contributed by atoms with Crippen LogP contribution in [-0.4, -0.2) is 59.3 Å². The summed E-state index contributed by atoms with van der Waals surface area (Å²) in [7, 11) is 0. The van der Waals surface area contributed by atoms with Gasteiger partial charge in [-0.2, -0.15) is 0 Å². The van der Waals surface area contributed by atoms with Crippen molar-refractivity contribution in [3.8, 4) is 11.3 Å². The van der Waals surface area contributed by atoms with Crippen LogP contribution in [0.25, 0.3) is 22.3 Å². The van der Waals surface area contributed by atoms with E-state index in [9.17, 15) is 0 Å². The van der Waals surface area contributed by atoms with Crippen molar-refractivity contribution in [3.05, 3.63) is 54.6 Å². The number of hydrogen-bond acceptors (Lipinski definition) is 5. The van der Waals surface area contributed by atoms with Crippen molar-refractivity contribution < 1.29 is 17.5 Å². The van der Waals surface area contributed by atoms with Crippen molar-refractivity contribution in [1.82, 2.24) is 14.9 Å². The summed E-state index contributed by atoms with van der Waals surface area (Å²) in [4.78, 5) is 14.5. The molecule has 1 aromatic heterocycles. The molecular weight excluding hydrogens is 348 g/mol. The molecule has 2 heterocycles. The van der Waals surface area contributed by atoms with E-state index in [1.54, 1.807) is 0 Å². The summed E-state index contributed by atoms with van der Waals surface area (Å²) in [6.45, 7) is 4.61. The average Bonchev–Trinajstić information content (AvgIpc) is 2.68. The van der Waals surface area contributed by atoms with E-state index in [1.807, 2.05) is 42.5 Å². The third-order valence-corrected chi connectivity index (χ3v) is 4.69. The molecule has 136 valence electrons. The van der Waals surface area contributed by atoms with Crippen molar-refractivity contribution in [2.75, 3.05) is 44.2 Å². The molecule has 1 N–H and O–H groups in total. The van der Waals surface area contributed by atoms with Crippen LogP contribution in [0.1, 0.15) is 0 Å². The highest BCUT2D eigenvalue weighted by Crippen LogP contribution is 2.30. The third kappa shape index (κ3) is 3.80. The fraction of sp³-hybridized carbons (Fsp3) is 0.300. The van der Waals surface area contributed by atoms with Gasteiger partial charge in [-0.05, 0) is 12.1 Å². The van der Waals surface area contributed by atoms with Crippen molar-refractivity contribution in [2.45, 2.75) is 0 Å². The lowest BCUT2D eigenvalue weighted by Gasteiger charge is -2.35. The molecule has 0 unspecified atom stereocenters. The lowest BCUT2D eigenvalue weighted by molar-refractivity contribution is -0.00000620. The van der Waals surface area contributed by atoms with E-state index in [-0.39, 0.29) is 19.0 Å². The molecule has 2 aromatic carbocycles. The van der Waals surface area contributed by atoms with Crippen LogP contribution in [0.5, 0.6) is 0 Å². The topological polar surface area (TPSA) is 52.5 Å². The Kier molecular flexibility index (Phi) is 6.04. The molecule has 1 saturated heterocycles. The minimum Gasteiger partial charge on any atom is -1.00 e. The molecule has 4 rings (SSSR count). The lowest BCUT2D eigenvalue weighted by atomic mass is 10.1. The Labute approximate surface area is 159 Å². The number of anilines is 1. The largest absolute Gasteiger partial charge is 1.00 e. The Hall–Kier alpha value is -2.21. The quantitative estimate of drug-likeness (QED) is 0.666. The predicted octanol–water partition coefficient (Wildman–Crippen LogP) is -0.585. The third-order valence-electron chi connectivity index (χ3n) is 4.69. The van der Waals surface area contributed by atoms with Gasteiger partial charge >= 0.3 is 0 Å². The van der Waals surface area contributed by atoms with E-state index in [0.717, 1.165) is 60.8 Å². The van der Waals surface area contributed by atoms with Crippen LogP contribution in [0, 0.1) is 0 Å². The van der Waals surface area contributed by atoms with Crippen LogP contribution in [0.3, 0.4) is 0 Å². The maximum atomic E-state index is 9.13. The van der Waals surface area contributed by atoms with Gasteiger partial charge in [-0.15, -0.1) is 0 Å². The van der Waals surface area contributed by atoms with E-state index < -0.39 is 0 Å². The summed E-state index contributed by atoms with van der Waals surface area (Å²) < 4.78 is 0. The smallest absolute Gasteiger partial charge is 0.156 e. The van der Waals surface area contributed by atoms with E-state index in [1.165, 1.54) is 0 Å². The fourth-order valence-electron chi connectivity index (χ4n) is 3.33. The Morgan fingerprint density at radius 1 is 0.808 bits per heavy atom. The van der Waals surface area contributed by atoms with Gasteiger partial charge < -0.3 is 22.4 Å². The molecule has 0 bridgehead atoms. The zero-order chi connectivity index (χ0) is 17.1. The molecule has 0 aliphatic carbocycles. The Morgan fingerprint density at radius 2 is 1.42 bits per heavy atom. The van der Waals surface area contributed by atoms with Crippen molar-refractivity contribution in [3.63, 3.8) is 0 Å². The number of aliphatic hydroxyl groups is 1. The zero-order valence-electron chi connectivity index (χ0n) is 14.6. The second-order valence-corrected chi connectivity index (χ2v) is 6.30. The molecule has 0 radical (unpaired) electrons. The van der Waals surface area contributed by atoms with E-state index in [4.69, 9.17) is 15.1 Å². The van der Waals surface area contributed by atoms with Gasteiger partial charge in [0, 0.05) is 38.3 Å². The monoisotopic (exact) mass is 369 g/mol. The summed E-state index contributed by atoms with van der Waals surface area (Å²) in [5, 5.41) is 9.13. The minimum atomic E-state index is 0. The molecule has 3 aromatic rings. The van der Waals surface area contributed by atoms with Crippen molar-refractivity contribution in [2.24, 2.45) is 0 Å². The minimum absolute atomic E-state index is 0. The van der Waals surface area contributed by atoms with Gasteiger partial charge in [0.2, 0.25) is 0 Å². The van der Waals surface area contributed by atoms with Crippen LogP contribution in [0.15, 0.2) is 54.6 Å². The first kappa shape index (κ1) is 18.6. The summed E-state index contributed by atoms with van der Waals surface area (Å²) in [6.07, 6.45) is 0. The molecule has 5 nitrogen and oxygen atoms in total. The van der Waals surface area contributed by atoms with Gasteiger partial charge in [0.1, 0.15) is 5.69 Å². The summed E-state index contributed by atoms with van der Waals surface area (Å²) in [6, 6.07) is 18.3. The zero-order valence-corrected chi connectivity index (χ0v) is 15.3. The molecule has 26 heavy (non-hydrogen) atoms. The van der Waals surface area contributed by atoms with Gasteiger partial charge in [-0.1, -0.05) is 42.5 Å². The van der Waals surface area contributed by atoms with Crippen molar-refractivity contribution in [1.29, 1.82) is 0 Å². The highest BCUT2D eigenvalue weighted by Gasteiger charge is 2.22. The predicted molar refractivity (Wildman–Crippen MR) is 101 cm³/mol. The number of halogens is 1. The highest BCUT2D eigenvalue weighted by atomic mass is 35.5. The Bertz CT molecular complexity index is 851. The first-order valence-electron chi connectivity index (χ1n) is 8.75. The van der Waals surface area contributed by atoms with E-state index in [2.05, 4.69) is 21.9 Å². The second-order valence-electron chi connectivity index (χ2n) is 6.30. The number of fused-ring (bicyclic) bond motifs is 1. The molecule has 0 amide bonds. The van der Waals surface area contributed by atoms with Gasteiger partial charge in [-0.3, -0.25) is 4.90 Å². The second kappa shape index (κ2) is 8.45. The van der Waals surface area contributed by atoms with Crippen LogP contribution in [0.4, 0.5) is 5.82 Å². The number of nitrogens with zero attached hydrogens (tertiary/aromatic N) is 4. The number of benzene rings is 2. The average molecular weight is 370 g/mol. The number of rotatable bonds is 4. The van der Waals surface area contributed by atoms with Gasteiger partial charge in [0.05, 0.1) is 17.6 Å². The molecular formula is C20H22ClN4O-. The van der Waals surface area contributed by atoms with Crippen LogP contribution < -0.4 is 17.3 Å². The summed E-state index contributed by atoms with van der Waals surface area (Å²) in [5.41, 5.74) is 3.88. The number of para-hydroxylation sites is 2. The maximum Gasteiger partial charge on any atom is 0.156 e. The first-order valence-corrected chi connectivity index (χ1v) is 8.75. The standard InChI is InChI=1S/C20H22N4O.ClH/c25-15-14-23-10-12-24(13-11-23)20-19(16-6-2-1-3-7-16)21-17-8-4-5-9-18(17)22-20;/h1-9,25H,10-15H2;1H/p-1. The number of hydrogen-bond donors (Lipinski definition) is 1. The SMILES string of the molecule is OCCN1CCN(c2nc3ccccc3nc2-c2ccccc2)CC1.[Cl-].